The molecule has 3 heteroatoms. The molecule has 0 atom stereocenters. The van der Waals surface area contributed by atoms with E-state index in [4.69, 9.17) is 0 Å². The Morgan fingerprint density at radius 1 is 1.83 bits per heavy atom. The monoisotopic (exact) mass is 86.0 g/mol. The topological polar surface area (TPSA) is 33.6 Å². The third-order valence-corrected chi connectivity index (χ3v) is 0.551. The minimum absolute atomic E-state index is 0.552. The molecule has 0 saturated carbocycles. The minimum atomic E-state index is 0.552. The molecule has 0 spiro atoms. The van der Waals surface area contributed by atoms with Gasteiger partial charge in [0.05, 0.1) is 6.21 Å². The lowest BCUT2D eigenvalue weighted by molar-refractivity contribution is 0.120. The largest absolute Gasteiger partial charge is 0.380 e. The van der Waals surface area contributed by atoms with Gasteiger partial charge in [-0.2, -0.15) is 0 Å². The second kappa shape index (κ2) is 1.77. The number of nitrogens with one attached hydrogen (secondary N) is 1. The van der Waals surface area contributed by atoms with Crippen LogP contribution in [0.4, 0.5) is 0 Å². The van der Waals surface area contributed by atoms with Gasteiger partial charge < -0.3 is 4.84 Å². The van der Waals surface area contributed by atoms with E-state index >= 15 is 0 Å². The molecule has 0 amide bonds. The SMILES string of the molecule is C1=NOCNC1. The van der Waals surface area contributed by atoms with Crippen molar-refractivity contribution < 1.29 is 4.84 Å². The van der Waals surface area contributed by atoms with Crippen LogP contribution in [0.25, 0.3) is 0 Å². The van der Waals surface area contributed by atoms with E-state index in [2.05, 4.69) is 15.3 Å². The van der Waals surface area contributed by atoms with Gasteiger partial charge in [-0.25, -0.2) is 0 Å². The number of oxime groups is 1. The average molecular weight is 86.1 g/mol. The molecule has 6 heavy (non-hydrogen) atoms. The van der Waals surface area contributed by atoms with Crippen LogP contribution < -0.4 is 5.32 Å². The highest BCUT2D eigenvalue weighted by atomic mass is 16.6. The molecule has 0 bridgehead atoms. The van der Waals surface area contributed by atoms with Crippen molar-refractivity contribution in [1.29, 1.82) is 0 Å². The summed E-state index contributed by atoms with van der Waals surface area (Å²) in [6, 6.07) is 0. The van der Waals surface area contributed by atoms with Crippen LogP contribution in [0.5, 0.6) is 0 Å². The van der Waals surface area contributed by atoms with Crippen LogP contribution >= 0.6 is 0 Å². The van der Waals surface area contributed by atoms with Crippen LogP contribution in [0.1, 0.15) is 0 Å². The highest BCUT2D eigenvalue weighted by molar-refractivity contribution is 5.58. The van der Waals surface area contributed by atoms with Crippen LogP contribution in [0, 0.1) is 0 Å². The Kier molecular flexibility index (Phi) is 1.06. The first-order chi connectivity index (χ1) is 3.00. The van der Waals surface area contributed by atoms with E-state index in [1.54, 1.807) is 6.21 Å². The highest BCUT2D eigenvalue weighted by Gasteiger charge is 1.85. The van der Waals surface area contributed by atoms with E-state index in [0.29, 0.717) is 6.73 Å². The van der Waals surface area contributed by atoms with Gasteiger partial charge in [0.15, 0.2) is 6.73 Å². The zero-order valence-corrected chi connectivity index (χ0v) is 3.35. The minimum Gasteiger partial charge on any atom is -0.380 e. The van der Waals surface area contributed by atoms with Crippen LogP contribution in [-0.4, -0.2) is 19.5 Å². The van der Waals surface area contributed by atoms with Gasteiger partial charge in [-0.05, 0) is 0 Å². The molecule has 0 fully saturated rings. The first kappa shape index (κ1) is 3.61. The molecule has 1 N–H and O–H groups in total. The molecular weight excluding hydrogens is 80.0 g/mol. The van der Waals surface area contributed by atoms with Gasteiger partial charge >= 0.3 is 0 Å². The quantitative estimate of drug-likeness (QED) is 0.433. The fourth-order valence-corrected chi connectivity index (χ4v) is 0.296. The summed E-state index contributed by atoms with van der Waals surface area (Å²) in [5.74, 6) is 0. The van der Waals surface area contributed by atoms with E-state index in [0.717, 1.165) is 6.54 Å². The van der Waals surface area contributed by atoms with Crippen LogP contribution in [0.3, 0.4) is 0 Å². The lowest BCUT2D eigenvalue weighted by Gasteiger charge is -2.02. The van der Waals surface area contributed by atoms with E-state index in [-0.39, 0.29) is 0 Å². The lowest BCUT2D eigenvalue weighted by Crippen LogP contribution is -2.22. The van der Waals surface area contributed by atoms with Gasteiger partial charge in [0.1, 0.15) is 0 Å². The number of hydrogen-bond acceptors (Lipinski definition) is 3. The van der Waals surface area contributed by atoms with Gasteiger partial charge in [-0.15, -0.1) is 0 Å². The molecule has 0 unspecified atom stereocenters. The Bertz CT molecular complexity index is 53.8. The molecule has 0 aliphatic carbocycles. The van der Waals surface area contributed by atoms with Gasteiger partial charge in [-0.3, -0.25) is 5.32 Å². The summed E-state index contributed by atoms with van der Waals surface area (Å²) in [6.45, 7) is 1.39. The van der Waals surface area contributed by atoms with Crippen molar-refractivity contribution in [3.05, 3.63) is 0 Å². The third kappa shape index (κ3) is 0.687. The fourth-order valence-electron chi connectivity index (χ4n) is 0.296. The molecular formula is C3H6N2O. The predicted octanol–water partition coefficient (Wildman–Crippen LogP) is -0.451. The zero-order chi connectivity index (χ0) is 4.24. The summed E-state index contributed by atoms with van der Waals surface area (Å²) in [5, 5.41) is 6.40. The molecule has 0 saturated heterocycles. The first-order valence-corrected chi connectivity index (χ1v) is 1.84. The molecule has 0 aromatic rings. The van der Waals surface area contributed by atoms with Crippen molar-refractivity contribution in [1.82, 2.24) is 5.32 Å². The Labute approximate surface area is 36.0 Å². The van der Waals surface area contributed by atoms with Crippen molar-refractivity contribution in [3.8, 4) is 0 Å². The Balaban J connectivity index is 2.26. The summed E-state index contributed by atoms with van der Waals surface area (Å²) in [6.07, 6.45) is 1.68. The maximum absolute atomic E-state index is 4.53. The van der Waals surface area contributed by atoms with Crippen molar-refractivity contribution in [3.63, 3.8) is 0 Å². The Hall–Kier alpha value is -0.570. The van der Waals surface area contributed by atoms with Gasteiger partial charge in [-0.1, -0.05) is 5.16 Å². The van der Waals surface area contributed by atoms with Crippen molar-refractivity contribution in [2.75, 3.05) is 13.3 Å². The smallest absolute Gasteiger partial charge is 0.168 e. The van der Waals surface area contributed by atoms with E-state index in [1.807, 2.05) is 0 Å². The number of nitrogens with zero attached hydrogens (tertiary/aromatic N) is 1. The Morgan fingerprint density at radius 2 is 2.83 bits per heavy atom. The summed E-state index contributed by atoms with van der Waals surface area (Å²) >= 11 is 0. The van der Waals surface area contributed by atoms with Crippen LogP contribution in [0.15, 0.2) is 5.16 Å². The van der Waals surface area contributed by atoms with Crippen LogP contribution in [-0.2, 0) is 4.84 Å². The number of hydrogen-bond donors (Lipinski definition) is 1. The van der Waals surface area contributed by atoms with Crippen molar-refractivity contribution >= 4 is 6.21 Å². The lowest BCUT2D eigenvalue weighted by atomic mass is 10.7. The summed E-state index contributed by atoms with van der Waals surface area (Å²) in [4.78, 5) is 4.53. The highest BCUT2D eigenvalue weighted by Crippen LogP contribution is 1.73. The van der Waals surface area contributed by atoms with Crippen molar-refractivity contribution in [2.24, 2.45) is 5.16 Å². The predicted molar refractivity (Wildman–Crippen MR) is 22.4 cm³/mol. The normalized spacial score (nSPS) is 20.0. The molecule has 3 nitrogen and oxygen atoms in total. The molecule has 34 valence electrons. The van der Waals surface area contributed by atoms with E-state index in [9.17, 15) is 0 Å². The molecule has 1 aliphatic heterocycles. The standard InChI is InChI=1S/C3H6N2O/c1-2-5-6-3-4-1/h2,4H,1,3H2. The maximum Gasteiger partial charge on any atom is 0.168 e. The van der Waals surface area contributed by atoms with E-state index < -0.39 is 0 Å². The zero-order valence-electron chi connectivity index (χ0n) is 3.35. The van der Waals surface area contributed by atoms with Crippen LogP contribution in [0.2, 0.25) is 0 Å². The van der Waals surface area contributed by atoms with E-state index in [1.165, 1.54) is 0 Å². The molecule has 1 aliphatic rings. The number of rotatable bonds is 0. The van der Waals surface area contributed by atoms with Gasteiger partial charge in [0, 0.05) is 6.54 Å². The molecule has 1 heterocycles. The van der Waals surface area contributed by atoms with Gasteiger partial charge in [0.2, 0.25) is 0 Å². The third-order valence-electron chi connectivity index (χ3n) is 0.551. The van der Waals surface area contributed by atoms with Gasteiger partial charge in [0.25, 0.3) is 0 Å². The summed E-state index contributed by atoms with van der Waals surface area (Å²) < 4.78 is 0. The second-order valence-corrected chi connectivity index (χ2v) is 1.02. The maximum atomic E-state index is 4.53. The first-order valence-electron chi connectivity index (χ1n) is 1.84. The average Bonchev–Trinajstić information content (AvgIpc) is 1.72. The molecule has 0 radical (unpaired) electrons. The van der Waals surface area contributed by atoms with Crippen molar-refractivity contribution in [2.45, 2.75) is 0 Å². The summed E-state index contributed by atoms with van der Waals surface area (Å²) in [7, 11) is 0. The molecule has 0 aromatic carbocycles. The fraction of sp³-hybridized carbons (Fsp3) is 0.667. The second-order valence-electron chi connectivity index (χ2n) is 1.02. The Morgan fingerprint density at radius 3 is 3.00 bits per heavy atom. The summed E-state index contributed by atoms with van der Waals surface area (Å²) in [5.41, 5.74) is 0. The molecule has 1 rings (SSSR count). The molecule has 0 aromatic heterocycles.